The Hall–Kier alpha value is 1.83. The van der Waals surface area contributed by atoms with E-state index in [1.807, 2.05) is 26.0 Å². The van der Waals surface area contributed by atoms with E-state index in [2.05, 4.69) is 132 Å². The third-order valence-corrected chi connectivity index (χ3v) is 4.65. The van der Waals surface area contributed by atoms with E-state index in [1.54, 1.807) is 26.8 Å². The summed E-state index contributed by atoms with van der Waals surface area (Å²) in [5, 5.41) is 0. The van der Waals surface area contributed by atoms with Crippen molar-refractivity contribution in [3.05, 3.63) is 24.3 Å². The fourth-order valence-electron chi connectivity index (χ4n) is 2.90. The van der Waals surface area contributed by atoms with Crippen molar-refractivity contribution in [3.63, 3.8) is 0 Å². The number of terminal acetylenes is 2. The summed E-state index contributed by atoms with van der Waals surface area (Å²) in [6.07, 6.45) is 19.6. The van der Waals surface area contributed by atoms with Crippen molar-refractivity contribution in [1.82, 2.24) is 0 Å². The van der Waals surface area contributed by atoms with Gasteiger partial charge in [0.1, 0.15) is 0 Å². The monoisotopic (exact) mass is 1220 g/mol. The quantitative estimate of drug-likeness (QED) is 0.0431. The van der Waals surface area contributed by atoms with Crippen molar-refractivity contribution in [3.8, 4) is 24.7 Å². The van der Waals surface area contributed by atoms with Gasteiger partial charge in [-0.3, -0.25) is 14.4 Å². The van der Waals surface area contributed by atoms with Crippen LogP contribution in [0.5, 0.6) is 0 Å². The first-order chi connectivity index (χ1) is 19.7. The van der Waals surface area contributed by atoms with Crippen LogP contribution in [0.1, 0.15) is 74.1 Å². The zero-order chi connectivity index (χ0) is 33.6. The molecule has 0 aromatic rings. The average molecular weight is 1230 g/mol. The molecule has 0 radical (unpaired) electrons. The molecule has 0 heterocycles. The van der Waals surface area contributed by atoms with Crippen LogP contribution in [-0.4, -0.2) is 37.7 Å². The molecule has 241 valence electrons. The Morgan fingerprint density at radius 2 is 1.24 bits per heavy atom. The topological polar surface area (TPSA) is 78.9 Å². The molecule has 0 aliphatic carbocycles. The van der Waals surface area contributed by atoms with Gasteiger partial charge in [-0.1, -0.05) is 52.0 Å². The summed E-state index contributed by atoms with van der Waals surface area (Å²) in [4.78, 5) is 35.6. The van der Waals surface area contributed by atoms with E-state index >= 15 is 0 Å². The van der Waals surface area contributed by atoms with Crippen LogP contribution in [0.2, 0.25) is 0 Å². The van der Waals surface area contributed by atoms with Gasteiger partial charge >= 0.3 is 132 Å². The molecular formula is C29H44I5O6V2. The standard InChI is InChI=1S/C16H24O4.C13H20O2.5HI.2V/c1-6-11-16(14(17)19-7-2,15(18)20-8-3)12-9-10-13(4)5;1-5-8-12(13(14)15-6-2)10-7-9-11(3)4;;;;;;;/h1,9-10,13H,7-8,11-12H2,2-5H3;1,7,9,11-12H,6,8,10H2,2-4H3;5*1H;;/q;;;;;;;+2;+3/p-5/b10-9+;9-7+;;;;;;;. The Balaban J connectivity index is -0.000000287. The van der Waals surface area contributed by atoms with Crippen molar-refractivity contribution < 1.29 is 43.0 Å². The molecule has 6 nitrogen and oxygen atoms in total. The molecule has 1 unspecified atom stereocenters. The van der Waals surface area contributed by atoms with Gasteiger partial charge in [-0.2, -0.15) is 0 Å². The van der Waals surface area contributed by atoms with Crippen LogP contribution in [0.25, 0.3) is 0 Å². The van der Waals surface area contributed by atoms with Gasteiger partial charge in [0.2, 0.25) is 0 Å². The van der Waals surface area contributed by atoms with E-state index in [0.717, 1.165) is 0 Å². The van der Waals surface area contributed by atoms with E-state index in [0.29, 0.717) is 40.7 Å². The van der Waals surface area contributed by atoms with Crippen molar-refractivity contribution >= 4 is 118 Å². The van der Waals surface area contributed by atoms with Gasteiger partial charge in [0.15, 0.2) is 5.41 Å². The van der Waals surface area contributed by atoms with Gasteiger partial charge in [0.25, 0.3) is 0 Å². The molecule has 0 amide bonds. The number of allylic oxidation sites excluding steroid dienone is 4. The normalized spacial score (nSPS) is 11.2. The molecule has 0 rings (SSSR count). The minimum absolute atomic E-state index is 0.0346. The van der Waals surface area contributed by atoms with Crippen molar-refractivity contribution in [2.45, 2.75) is 74.1 Å². The van der Waals surface area contributed by atoms with Gasteiger partial charge in [-0.05, 0) is 45.4 Å². The molecule has 0 fully saturated rings. The molecule has 0 aliphatic heterocycles. The Morgan fingerprint density at radius 3 is 1.57 bits per heavy atom. The fourth-order valence-corrected chi connectivity index (χ4v) is 2.90. The minimum atomic E-state index is -1.44. The molecule has 0 spiro atoms. The maximum absolute atomic E-state index is 12.2. The molecule has 1 atom stereocenters. The van der Waals surface area contributed by atoms with Crippen molar-refractivity contribution in [2.75, 3.05) is 19.8 Å². The predicted molar refractivity (Wildman–Crippen MR) is 210 cm³/mol. The summed E-state index contributed by atoms with van der Waals surface area (Å²) in [5.41, 5.74) is -1.44. The molecule has 0 bridgehead atoms. The first-order valence-electron chi connectivity index (χ1n) is 13.1. The molecule has 0 aromatic carbocycles. The number of halogens is 5. The van der Waals surface area contributed by atoms with Crippen LogP contribution < -0.4 is 0 Å². The number of rotatable bonds is 14. The van der Waals surface area contributed by atoms with Crippen LogP contribution in [0.3, 0.4) is 0 Å². The zero-order valence-electron chi connectivity index (χ0n) is 25.4. The number of hydrogen-bond acceptors (Lipinski definition) is 6. The molecule has 0 aromatic heterocycles. The number of carbonyl (C=O) groups is 3. The Kier molecular flexibility index (Phi) is 43.1. The van der Waals surface area contributed by atoms with Crippen LogP contribution in [0.15, 0.2) is 24.3 Å². The van der Waals surface area contributed by atoms with Gasteiger partial charge < -0.3 is 14.2 Å². The first-order valence-corrected chi connectivity index (χ1v) is 35.6. The average Bonchev–Trinajstić information content (AvgIpc) is 2.88. The Labute approximate surface area is 321 Å². The van der Waals surface area contributed by atoms with Gasteiger partial charge in [-0.25, -0.2) is 0 Å². The number of carbonyl (C=O) groups excluding carboxylic acids is 3. The SMILES string of the molecule is C#CCC(C/C=C/C(C)C)(C(=O)OCC)C(=O)OCC.C#CCC(C/C=C/C(C)C)C(=O)OCC.[I][V]([I])[I].[I][V][I]. The number of ether oxygens (including phenoxy) is 3. The maximum atomic E-state index is 12.2. The van der Waals surface area contributed by atoms with Crippen LogP contribution in [0, 0.1) is 47.9 Å². The predicted octanol–water partition coefficient (Wildman–Crippen LogP) is 9.94. The summed E-state index contributed by atoms with van der Waals surface area (Å²) in [5.74, 6) is 4.10. The number of hydrogen-bond donors (Lipinski definition) is 0. The summed E-state index contributed by atoms with van der Waals surface area (Å²) in [7, 11) is 0.628. The first kappa shape index (κ1) is 50.7. The molecule has 0 saturated carbocycles. The van der Waals surface area contributed by atoms with E-state index in [4.69, 9.17) is 27.1 Å². The van der Waals surface area contributed by atoms with E-state index < -0.39 is 17.4 Å². The summed E-state index contributed by atoms with van der Waals surface area (Å²) in [6, 6.07) is 0. The molecular weight excluding hydrogens is 1180 g/mol. The second-order valence-corrected chi connectivity index (χ2v) is 56.0. The molecule has 13 heteroatoms. The second-order valence-electron chi connectivity index (χ2n) is 8.80. The van der Waals surface area contributed by atoms with Gasteiger partial charge in [0.05, 0.1) is 25.7 Å². The molecule has 0 N–H and O–H groups in total. The fraction of sp³-hybridized carbons (Fsp3) is 0.621. The summed E-state index contributed by atoms with van der Waals surface area (Å²) in [6.45, 7) is 14.2. The van der Waals surface area contributed by atoms with Crippen molar-refractivity contribution in [2.24, 2.45) is 23.2 Å². The molecule has 0 saturated heterocycles. The zero-order valence-corrected chi connectivity index (χ0v) is 39.0. The Bertz CT molecular complexity index is 832. The summed E-state index contributed by atoms with van der Waals surface area (Å²) >= 11 is 12.1. The van der Waals surface area contributed by atoms with Gasteiger partial charge in [-0.15, -0.1) is 24.7 Å². The Morgan fingerprint density at radius 1 is 0.833 bits per heavy atom. The second kappa shape index (κ2) is 35.7. The molecule has 0 aliphatic rings. The molecule has 42 heavy (non-hydrogen) atoms. The van der Waals surface area contributed by atoms with Gasteiger partial charge in [0, 0.05) is 12.8 Å². The van der Waals surface area contributed by atoms with E-state index in [-0.39, 0.29) is 42.9 Å². The van der Waals surface area contributed by atoms with Crippen molar-refractivity contribution in [1.29, 1.82) is 0 Å². The van der Waals surface area contributed by atoms with E-state index in [9.17, 15) is 14.4 Å². The summed E-state index contributed by atoms with van der Waals surface area (Å²) < 4.78 is 15.0. The van der Waals surface area contributed by atoms with E-state index in [1.165, 1.54) is 0 Å². The third-order valence-electron chi connectivity index (χ3n) is 4.65. The van der Waals surface area contributed by atoms with Crippen LogP contribution >= 0.6 is 99.9 Å². The van der Waals surface area contributed by atoms with Crippen LogP contribution in [0.4, 0.5) is 0 Å². The van der Waals surface area contributed by atoms with Crippen LogP contribution in [-0.2, 0) is 43.0 Å². The third kappa shape index (κ3) is 31.8. The number of esters is 3.